The summed E-state index contributed by atoms with van der Waals surface area (Å²) in [5.41, 5.74) is -1.54. The molecule has 0 spiro atoms. The number of carbonyl (C=O) groups is 1. The summed E-state index contributed by atoms with van der Waals surface area (Å²) in [6.45, 7) is 11.9. The van der Waals surface area contributed by atoms with Gasteiger partial charge in [0, 0.05) is 5.92 Å². The van der Waals surface area contributed by atoms with E-state index in [1.807, 2.05) is 6.92 Å². The molecule has 4 aliphatic rings. The van der Waals surface area contributed by atoms with Crippen molar-refractivity contribution in [3.05, 3.63) is 0 Å². The second-order valence-electron chi connectivity index (χ2n) is 13.7. The molecular weight excluding hydrogens is 448 g/mol. The van der Waals surface area contributed by atoms with Gasteiger partial charge in [-0.15, -0.1) is 0 Å². The Morgan fingerprint density at radius 1 is 0.971 bits per heavy atom. The number of cyclic esters (lactones) is 1. The van der Waals surface area contributed by atoms with Crippen LogP contribution in [-0.2, 0) is 9.53 Å². The molecule has 0 amide bonds. The lowest BCUT2D eigenvalue weighted by Gasteiger charge is -2.56. The van der Waals surface area contributed by atoms with Gasteiger partial charge in [-0.2, -0.15) is 0 Å². The summed E-state index contributed by atoms with van der Waals surface area (Å²) in [4.78, 5) is 13.0. The van der Waals surface area contributed by atoms with Gasteiger partial charge in [-0.25, -0.2) is 0 Å². The molecule has 0 aromatic rings. The highest BCUT2D eigenvalue weighted by Gasteiger charge is 2.63. The van der Waals surface area contributed by atoms with Crippen molar-refractivity contribution in [1.29, 1.82) is 0 Å². The van der Waals surface area contributed by atoms with Gasteiger partial charge in [0.05, 0.1) is 42.5 Å². The molecule has 0 aromatic heterocycles. The molecule has 0 bridgehead atoms. The zero-order chi connectivity index (χ0) is 26.1. The first-order chi connectivity index (χ1) is 16.1. The molecule has 0 radical (unpaired) electrons. The van der Waals surface area contributed by atoms with Gasteiger partial charge in [-0.1, -0.05) is 27.7 Å². The number of aliphatic hydroxyl groups is 5. The Morgan fingerprint density at radius 3 is 2.23 bits per heavy atom. The van der Waals surface area contributed by atoms with E-state index in [9.17, 15) is 30.3 Å². The molecule has 5 N–H and O–H groups in total. The average Bonchev–Trinajstić information content (AvgIpc) is 3.09. The number of ether oxygens (including phenoxy) is 1. The van der Waals surface area contributed by atoms with Crippen molar-refractivity contribution in [2.75, 3.05) is 6.61 Å². The van der Waals surface area contributed by atoms with E-state index in [1.165, 1.54) is 0 Å². The lowest BCUT2D eigenvalue weighted by atomic mass is 9.48. The molecule has 13 atom stereocenters. The van der Waals surface area contributed by atoms with E-state index < -0.39 is 47.3 Å². The van der Waals surface area contributed by atoms with Crippen molar-refractivity contribution in [3.63, 3.8) is 0 Å². The summed E-state index contributed by atoms with van der Waals surface area (Å²) in [7, 11) is 0. The summed E-state index contributed by atoms with van der Waals surface area (Å²) in [5.74, 6) is -0.265. The minimum Gasteiger partial charge on any atom is -0.465 e. The fourth-order valence-electron chi connectivity index (χ4n) is 8.96. The quantitative estimate of drug-likeness (QED) is 0.370. The molecule has 3 saturated carbocycles. The van der Waals surface area contributed by atoms with Crippen LogP contribution in [0.25, 0.3) is 0 Å². The largest absolute Gasteiger partial charge is 0.465 e. The molecule has 7 nitrogen and oxygen atoms in total. The Hall–Kier alpha value is -0.730. The number of esters is 1. The lowest BCUT2D eigenvalue weighted by Crippen LogP contribution is -2.55. The number of carbonyl (C=O) groups excluding carboxylic acids is 1. The fraction of sp³-hybridized carbons (Fsp3) is 0.964. The Morgan fingerprint density at radius 2 is 1.60 bits per heavy atom. The van der Waals surface area contributed by atoms with Gasteiger partial charge in [0.2, 0.25) is 0 Å². The fourth-order valence-corrected chi connectivity index (χ4v) is 8.96. The van der Waals surface area contributed by atoms with Crippen LogP contribution in [0.1, 0.15) is 80.1 Å². The predicted molar refractivity (Wildman–Crippen MR) is 131 cm³/mol. The number of rotatable bonds is 5. The van der Waals surface area contributed by atoms with Crippen molar-refractivity contribution in [2.24, 2.45) is 52.3 Å². The normalized spacial score (nSPS) is 47.4. The molecule has 7 heteroatoms. The van der Waals surface area contributed by atoms with Crippen LogP contribution in [-0.4, -0.2) is 68.1 Å². The highest BCUT2D eigenvalue weighted by Crippen LogP contribution is 2.66. The number of hydrogen-bond acceptors (Lipinski definition) is 7. The molecule has 3 aliphatic carbocycles. The van der Waals surface area contributed by atoms with Crippen molar-refractivity contribution in [3.8, 4) is 0 Å². The topological polar surface area (TPSA) is 127 Å². The van der Waals surface area contributed by atoms with E-state index in [0.29, 0.717) is 18.9 Å². The van der Waals surface area contributed by atoms with Gasteiger partial charge in [0.25, 0.3) is 0 Å². The maximum absolute atomic E-state index is 13.0. The van der Waals surface area contributed by atoms with Crippen LogP contribution in [0.3, 0.4) is 0 Å². The SMILES string of the molecule is C[C@@H]([C@@H](O)[C@H](O)[C@H](C)C(C)(C)O)[C@H]1CC[C@H]2[C@@H]3COC(=O)[C@H]4C[C@H](O)[C@H](O)C[C@]4(C)[C@H]3CC[C@]12C. The van der Waals surface area contributed by atoms with Crippen molar-refractivity contribution >= 4 is 5.97 Å². The third kappa shape index (κ3) is 4.37. The maximum Gasteiger partial charge on any atom is 0.309 e. The van der Waals surface area contributed by atoms with E-state index in [1.54, 1.807) is 20.8 Å². The molecule has 4 fully saturated rings. The molecule has 1 heterocycles. The summed E-state index contributed by atoms with van der Waals surface area (Å²) in [6, 6.07) is 0. The summed E-state index contributed by atoms with van der Waals surface area (Å²) >= 11 is 0. The monoisotopic (exact) mass is 496 g/mol. The predicted octanol–water partition coefficient (Wildman–Crippen LogP) is 2.50. The van der Waals surface area contributed by atoms with Crippen molar-refractivity contribution in [2.45, 2.75) is 110 Å². The Kier molecular flexibility index (Phi) is 7.20. The molecule has 0 aromatic carbocycles. The number of aliphatic hydroxyl groups excluding tert-OH is 4. The third-order valence-electron chi connectivity index (χ3n) is 11.6. The highest BCUT2D eigenvalue weighted by atomic mass is 16.5. The van der Waals surface area contributed by atoms with E-state index in [2.05, 4.69) is 13.8 Å². The van der Waals surface area contributed by atoms with E-state index in [0.717, 1.165) is 25.7 Å². The molecule has 202 valence electrons. The van der Waals surface area contributed by atoms with E-state index in [-0.39, 0.29) is 41.5 Å². The van der Waals surface area contributed by atoms with Gasteiger partial charge in [-0.3, -0.25) is 4.79 Å². The van der Waals surface area contributed by atoms with E-state index >= 15 is 0 Å². The Labute approximate surface area is 210 Å². The minimum atomic E-state index is -1.09. The first-order valence-electron chi connectivity index (χ1n) is 13.7. The standard InChI is InChI=1S/C28H48O7/c1-14(23(31)24(32)15(2)26(3,4)34)17-7-8-18-16-13-35-25(33)20-11-21(29)22(30)12-28(20,6)19(16)9-10-27(17,18)5/h14-24,29-32,34H,7-13H2,1-6H3/t14-,15+,16+,17-,18+,19+,20-,21+,22-,23-,24-,27-,28-/m1/s1. The van der Waals surface area contributed by atoms with Gasteiger partial charge in [0.15, 0.2) is 0 Å². The second-order valence-corrected chi connectivity index (χ2v) is 13.7. The van der Waals surface area contributed by atoms with Crippen molar-refractivity contribution in [1.82, 2.24) is 0 Å². The Bertz CT molecular complexity index is 795. The lowest BCUT2D eigenvalue weighted by molar-refractivity contribution is -0.162. The van der Waals surface area contributed by atoms with Crippen LogP contribution in [0.5, 0.6) is 0 Å². The maximum atomic E-state index is 13.0. The molecular formula is C28H48O7. The van der Waals surface area contributed by atoms with Gasteiger partial charge < -0.3 is 30.3 Å². The molecule has 4 rings (SSSR count). The average molecular weight is 497 g/mol. The summed E-state index contributed by atoms with van der Waals surface area (Å²) < 4.78 is 5.85. The Balaban J connectivity index is 1.57. The van der Waals surface area contributed by atoms with Crippen LogP contribution in [0.4, 0.5) is 0 Å². The second kappa shape index (κ2) is 9.23. The van der Waals surface area contributed by atoms with Crippen LogP contribution in [0.15, 0.2) is 0 Å². The van der Waals surface area contributed by atoms with Gasteiger partial charge in [-0.05, 0) is 92.8 Å². The zero-order valence-electron chi connectivity index (χ0n) is 22.4. The first kappa shape index (κ1) is 27.3. The van der Waals surface area contributed by atoms with E-state index in [4.69, 9.17) is 4.74 Å². The molecule has 1 aliphatic heterocycles. The van der Waals surface area contributed by atoms with Crippen LogP contribution in [0.2, 0.25) is 0 Å². The number of fused-ring (bicyclic) bond motifs is 5. The number of hydrogen-bond donors (Lipinski definition) is 5. The van der Waals surface area contributed by atoms with Crippen LogP contribution < -0.4 is 0 Å². The zero-order valence-corrected chi connectivity index (χ0v) is 22.4. The van der Waals surface area contributed by atoms with Gasteiger partial charge in [0.1, 0.15) is 0 Å². The van der Waals surface area contributed by atoms with Crippen molar-refractivity contribution < 1.29 is 35.1 Å². The highest BCUT2D eigenvalue weighted by molar-refractivity contribution is 5.74. The third-order valence-corrected chi connectivity index (χ3v) is 11.6. The smallest absolute Gasteiger partial charge is 0.309 e. The molecule has 35 heavy (non-hydrogen) atoms. The molecule has 0 unspecified atom stereocenters. The minimum absolute atomic E-state index is 0.0470. The molecule has 1 saturated heterocycles. The van der Waals surface area contributed by atoms with Gasteiger partial charge >= 0.3 is 5.97 Å². The van der Waals surface area contributed by atoms with Crippen LogP contribution >= 0.6 is 0 Å². The van der Waals surface area contributed by atoms with Crippen LogP contribution in [0, 0.1) is 52.3 Å². The summed E-state index contributed by atoms with van der Waals surface area (Å²) in [5, 5.41) is 53.3. The first-order valence-corrected chi connectivity index (χ1v) is 13.7. The summed E-state index contributed by atoms with van der Waals surface area (Å²) in [6.07, 6.45) is 0.837.